The SMILES string of the molecule is O=C(COc1ccc(Cl)cc1[N+](=O)[O-])N/N=C\c1ccc(O)cc1O. The van der Waals surface area contributed by atoms with Crippen LogP contribution in [0.25, 0.3) is 0 Å². The number of aromatic hydroxyl groups is 2. The summed E-state index contributed by atoms with van der Waals surface area (Å²) in [6, 6.07) is 7.64. The van der Waals surface area contributed by atoms with Crippen molar-refractivity contribution in [1.82, 2.24) is 5.43 Å². The van der Waals surface area contributed by atoms with Crippen LogP contribution in [0.1, 0.15) is 5.56 Å². The molecule has 9 nitrogen and oxygen atoms in total. The summed E-state index contributed by atoms with van der Waals surface area (Å²) in [6.45, 7) is -0.513. The summed E-state index contributed by atoms with van der Waals surface area (Å²) in [5.41, 5.74) is 2.05. The van der Waals surface area contributed by atoms with Crippen LogP contribution in [0.4, 0.5) is 5.69 Å². The molecule has 0 unspecified atom stereocenters. The molecule has 25 heavy (non-hydrogen) atoms. The number of phenols is 2. The molecule has 2 aromatic carbocycles. The van der Waals surface area contributed by atoms with Gasteiger partial charge in [0.15, 0.2) is 12.4 Å². The highest BCUT2D eigenvalue weighted by molar-refractivity contribution is 6.30. The van der Waals surface area contributed by atoms with Crippen LogP contribution in [0.15, 0.2) is 41.5 Å². The van der Waals surface area contributed by atoms with E-state index in [1.165, 1.54) is 24.3 Å². The van der Waals surface area contributed by atoms with Crippen LogP contribution in [0.5, 0.6) is 17.2 Å². The van der Waals surface area contributed by atoms with Crippen LogP contribution in [0.3, 0.4) is 0 Å². The van der Waals surface area contributed by atoms with Crippen molar-refractivity contribution in [2.45, 2.75) is 0 Å². The third-order valence-electron chi connectivity index (χ3n) is 2.88. The van der Waals surface area contributed by atoms with Crippen molar-refractivity contribution in [3.8, 4) is 17.2 Å². The third kappa shape index (κ3) is 5.08. The van der Waals surface area contributed by atoms with Gasteiger partial charge in [0.1, 0.15) is 11.5 Å². The lowest BCUT2D eigenvalue weighted by molar-refractivity contribution is -0.385. The molecule has 3 N–H and O–H groups in total. The zero-order valence-electron chi connectivity index (χ0n) is 12.5. The lowest BCUT2D eigenvalue weighted by Crippen LogP contribution is -2.24. The molecule has 0 aromatic heterocycles. The number of halogens is 1. The summed E-state index contributed by atoms with van der Waals surface area (Å²) in [5.74, 6) is -1.11. The maximum atomic E-state index is 11.6. The molecule has 0 bridgehead atoms. The van der Waals surface area contributed by atoms with Gasteiger partial charge in [-0.15, -0.1) is 0 Å². The van der Waals surface area contributed by atoms with E-state index in [4.69, 9.17) is 21.4 Å². The first-order valence-corrected chi connectivity index (χ1v) is 7.15. The minimum Gasteiger partial charge on any atom is -0.508 e. The number of carbonyl (C=O) groups excluding carboxylic acids is 1. The van der Waals surface area contributed by atoms with Crippen molar-refractivity contribution in [2.24, 2.45) is 5.10 Å². The molecule has 0 atom stereocenters. The maximum Gasteiger partial charge on any atom is 0.312 e. The van der Waals surface area contributed by atoms with Crippen LogP contribution in [0, 0.1) is 10.1 Å². The summed E-state index contributed by atoms with van der Waals surface area (Å²) in [7, 11) is 0. The van der Waals surface area contributed by atoms with Gasteiger partial charge in [-0.2, -0.15) is 5.10 Å². The number of ether oxygens (including phenoxy) is 1. The highest BCUT2D eigenvalue weighted by Crippen LogP contribution is 2.29. The fourth-order valence-electron chi connectivity index (χ4n) is 1.75. The summed E-state index contributed by atoms with van der Waals surface area (Å²) < 4.78 is 5.09. The number of benzene rings is 2. The van der Waals surface area contributed by atoms with E-state index < -0.39 is 17.4 Å². The monoisotopic (exact) mass is 365 g/mol. The standard InChI is InChI=1S/C15H12ClN3O6/c16-10-2-4-14(12(5-10)19(23)24)25-8-15(22)18-17-7-9-1-3-11(20)6-13(9)21/h1-7,20-21H,8H2,(H,18,22)/b17-7-. The topological polar surface area (TPSA) is 134 Å². The van der Waals surface area contributed by atoms with Gasteiger partial charge in [-0.05, 0) is 24.3 Å². The summed E-state index contributed by atoms with van der Waals surface area (Å²) in [4.78, 5) is 21.9. The Labute approximate surface area is 146 Å². The zero-order chi connectivity index (χ0) is 18.4. The molecule has 2 aromatic rings. The first-order chi connectivity index (χ1) is 11.9. The Morgan fingerprint density at radius 2 is 2.08 bits per heavy atom. The molecule has 0 spiro atoms. The second kappa shape index (κ2) is 7.97. The van der Waals surface area contributed by atoms with Crippen LogP contribution < -0.4 is 10.2 Å². The van der Waals surface area contributed by atoms with Gasteiger partial charge in [0.05, 0.1) is 11.1 Å². The molecule has 130 valence electrons. The van der Waals surface area contributed by atoms with Crippen LogP contribution >= 0.6 is 11.6 Å². The van der Waals surface area contributed by atoms with E-state index in [0.29, 0.717) is 0 Å². The molecular formula is C15H12ClN3O6. The highest BCUT2D eigenvalue weighted by Gasteiger charge is 2.16. The first kappa shape index (κ1) is 18.0. The predicted octanol–water partition coefficient (Wildman–Crippen LogP) is 2.19. The van der Waals surface area contributed by atoms with Crippen molar-refractivity contribution >= 4 is 29.4 Å². The van der Waals surface area contributed by atoms with E-state index in [-0.39, 0.29) is 33.5 Å². The van der Waals surface area contributed by atoms with Crippen molar-refractivity contribution in [2.75, 3.05) is 6.61 Å². The molecule has 0 fully saturated rings. The fourth-order valence-corrected chi connectivity index (χ4v) is 1.91. The lowest BCUT2D eigenvalue weighted by Gasteiger charge is -2.06. The summed E-state index contributed by atoms with van der Waals surface area (Å²) in [6.07, 6.45) is 1.16. The number of hydrogen-bond donors (Lipinski definition) is 3. The number of hydrogen-bond acceptors (Lipinski definition) is 7. The number of amides is 1. The number of phenolic OH excluding ortho intramolecular Hbond substituents is 2. The lowest BCUT2D eigenvalue weighted by atomic mass is 10.2. The molecule has 0 aliphatic heterocycles. The second-order valence-corrected chi connectivity index (χ2v) is 5.13. The molecule has 0 heterocycles. The Hall–Kier alpha value is -3.33. The van der Waals surface area contributed by atoms with Gasteiger partial charge in [0, 0.05) is 22.7 Å². The summed E-state index contributed by atoms with van der Waals surface area (Å²) >= 11 is 5.68. The van der Waals surface area contributed by atoms with Gasteiger partial charge in [0.25, 0.3) is 5.91 Å². The van der Waals surface area contributed by atoms with E-state index in [1.807, 2.05) is 0 Å². The third-order valence-corrected chi connectivity index (χ3v) is 3.12. The molecule has 2 rings (SSSR count). The second-order valence-electron chi connectivity index (χ2n) is 4.69. The maximum absolute atomic E-state index is 11.6. The zero-order valence-corrected chi connectivity index (χ0v) is 13.3. The average Bonchev–Trinajstić information content (AvgIpc) is 2.55. The largest absolute Gasteiger partial charge is 0.508 e. The van der Waals surface area contributed by atoms with Gasteiger partial charge in [-0.25, -0.2) is 5.43 Å². The van der Waals surface area contributed by atoms with E-state index in [1.54, 1.807) is 0 Å². The molecule has 10 heteroatoms. The van der Waals surface area contributed by atoms with Crippen molar-refractivity contribution in [3.05, 3.63) is 57.1 Å². The van der Waals surface area contributed by atoms with Crippen molar-refractivity contribution < 1.29 is 24.7 Å². The molecule has 0 saturated heterocycles. The van der Waals surface area contributed by atoms with Crippen LogP contribution in [-0.2, 0) is 4.79 Å². The van der Waals surface area contributed by atoms with Crippen LogP contribution in [-0.4, -0.2) is 33.9 Å². The Kier molecular flexibility index (Phi) is 5.75. The number of hydrazone groups is 1. The Balaban J connectivity index is 1.93. The van der Waals surface area contributed by atoms with Crippen molar-refractivity contribution in [1.29, 1.82) is 0 Å². The van der Waals surface area contributed by atoms with E-state index >= 15 is 0 Å². The molecule has 0 radical (unpaired) electrons. The molecular weight excluding hydrogens is 354 g/mol. The van der Waals surface area contributed by atoms with Gasteiger partial charge in [-0.1, -0.05) is 11.6 Å². The summed E-state index contributed by atoms with van der Waals surface area (Å²) in [5, 5.41) is 33.4. The number of nitro groups is 1. The quantitative estimate of drug-likeness (QED) is 0.408. The molecule has 1 amide bonds. The highest BCUT2D eigenvalue weighted by atomic mass is 35.5. The molecule has 0 aliphatic carbocycles. The number of rotatable bonds is 6. The van der Waals surface area contributed by atoms with Gasteiger partial charge in [0.2, 0.25) is 0 Å². The number of nitro benzene ring substituents is 1. The van der Waals surface area contributed by atoms with Gasteiger partial charge >= 0.3 is 5.69 Å². The van der Waals surface area contributed by atoms with E-state index in [9.17, 15) is 20.0 Å². The van der Waals surface area contributed by atoms with Gasteiger partial charge < -0.3 is 14.9 Å². The van der Waals surface area contributed by atoms with Crippen LogP contribution in [0.2, 0.25) is 5.02 Å². The average molecular weight is 366 g/mol. The predicted molar refractivity (Wildman–Crippen MR) is 89.1 cm³/mol. The van der Waals surface area contributed by atoms with Crippen molar-refractivity contribution in [3.63, 3.8) is 0 Å². The molecule has 0 saturated carbocycles. The normalized spacial score (nSPS) is 10.6. The minimum atomic E-state index is -0.676. The van der Waals surface area contributed by atoms with Gasteiger partial charge in [-0.3, -0.25) is 14.9 Å². The molecule has 0 aliphatic rings. The van der Waals surface area contributed by atoms with E-state index in [2.05, 4.69) is 10.5 Å². The first-order valence-electron chi connectivity index (χ1n) is 6.77. The number of nitrogens with one attached hydrogen (secondary N) is 1. The van der Waals surface area contributed by atoms with E-state index in [0.717, 1.165) is 18.3 Å². The number of carbonyl (C=O) groups is 1. The Bertz CT molecular complexity index is 840. The number of nitrogens with zero attached hydrogens (tertiary/aromatic N) is 2. The minimum absolute atomic E-state index is 0.107. The Morgan fingerprint density at radius 3 is 2.76 bits per heavy atom. The smallest absolute Gasteiger partial charge is 0.312 e. The Morgan fingerprint density at radius 1 is 1.32 bits per heavy atom. The fraction of sp³-hybridized carbons (Fsp3) is 0.0667.